The van der Waals surface area contributed by atoms with Gasteiger partial charge in [-0.15, -0.1) is 0 Å². The number of rotatable bonds is 0. The van der Waals surface area contributed by atoms with E-state index in [2.05, 4.69) is 5.32 Å². The molecule has 0 spiro atoms. The molecule has 1 aliphatic rings. The Labute approximate surface area is 81.9 Å². The van der Waals surface area contributed by atoms with Crippen LogP contribution in [0.2, 0.25) is 5.02 Å². The van der Waals surface area contributed by atoms with Crippen molar-refractivity contribution in [2.45, 2.75) is 19.4 Å². The highest BCUT2D eigenvalue weighted by Gasteiger charge is 2.20. The van der Waals surface area contributed by atoms with Gasteiger partial charge in [-0.25, -0.2) is 0 Å². The van der Waals surface area contributed by atoms with E-state index in [9.17, 15) is 4.79 Å². The van der Waals surface area contributed by atoms with E-state index in [1.165, 1.54) is 0 Å². The van der Waals surface area contributed by atoms with Gasteiger partial charge in [0.25, 0.3) is 5.91 Å². The molecule has 3 heteroatoms. The van der Waals surface area contributed by atoms with Crippen LogP contribution in [0.4, 0.5) is 0 Å². The average molecular weight is 196 g/mol. The standard InChI is InChI=1S/C10H10ClNO/c1-6-4-7-5-8(11)2-3-9(7)10(13)12-6/h2-3,5-6H,4H2,1H3,(H,12,13)/t6-/m1/s1. The van der Waals surface area contributed by atoms with Crippen molar-refractivity contribution in [2.75, 3.05) is 0 Å². The van der Waals surface area contributed by atoms with Gasteiger partial charge >= 0.3 is 0 Å². The molecule has 0 saturated carbocycles. The number of carbonyl (C=O) groups excluding carboxylic acids is 1. The summed E-state index contributed by atoms with van der Waals surface area (Å²) in [6, 6.07) is 5.60. The Hall–Kier alpha value is -1.02. The zero-order valence-electron chi connectivity index (χ0n) is 7.30. The van der Waals surface area contributed by atoms with Gasteiger partial charge in [0.2, 0.25) is 0 Å². The Morgan fingerprint density at radius 2 is 2.31 bits per heavy atom. The second kappa shape index (κ2) is 3.04. The monoisotopic (exact) mass is 195 g/mol. The molecule has 2 nitrogen and oxygen atoms in total. The number of halogens is 1. The predicted molar refractivity (Wildman–Crippen MR) is 52.1 cm³/mol. The Morgan fingerprint density at radius 3 is 3.08 bits per heavy atom. The Balaban J connectivity index is 2.49. The zero-order chi connectivity index (χ0) is 9.42. The normalized spacial score (nSPS) is 20.8. The van der Waals surface area contributed by atoms with E-state index in [1.807, 2.05) is 13.0 Å². The molecule has 0 aliphatic carbocycles. The second-order valence-electron chi connectivity index (χ2n) is 3.38. The summed E-state index contributed by atoms with van der Waals surface area (Å²) < 4.78 is 0. The molecule has 0 fully saturated rings. The first kappa shape index (κ1) is 8.57. The minimum absolute atomic E-state index is 0.00502. The first-order valence-corrected chi connectivity index (χ1v) is 4.64. The highest BCUT2D eigenvalue weighted by molar-refractivity contribution is 6.30. The van der Waals surface area contributed by atoms with Gasteiger partial charge in [-0.3, -0.25) is 4.79 Å². The van der Waals surface area contributed by atoms with Crippen molar-refractivity contribution in [3.8, 4) is 0 Å². The van der Waals surface area contributed by atoms with Crippen molar-refractivity contribution >= 4 is 17.5 Å². The van der Waals surface area contributed by atoms with E-state index >= 15 is 0 Å². The maximum Gasteiger partial charge on any atom is 0.251 e. The third kappa shape index (κ3) is 1.54. The van der Waals surface area contributed by atoms with E-state index in [4.69, 9.17) is 11.6 Å². The molecule has 1 atom stereocenters. The topological polar surface area (TPSA) is 29.1 Å². The first-order valence-electron chi connectivity index (χ1n) is 4.26. The van der Waals surface area contributed by atoms with E-state index in [0.717, 1.165) is 17.5 Å². The number of hydrogen-bond acceptors (Lipinski definition) is 1. The van der Waals surface area contributed by atoms with Gasteiger partial charge in [0, 0.05) is 16.6 Å². The van der Waals surface area contributed by atoms with Gasteiger partial charge in [0.15, 0.2) is 0 Å². The fourth-order valence-electron chi connectivity index (χ4n) is 1.64. The fourth-order valence-corrected chi connectivity index (χ4v) is 1.83. The highest BCUT2D eigenvalue weighted by atomic mass is 35.5. The number of hydrogen-bond donors (Lipinski definition) is 1. The summed E-state index contributed by atoms with van der Waals surface area (Å²) in [5, 5.41) is 3.57. The van der Waals surface area contributed by atoms with Gasteiger partial charge in [-0.1, -0.05) is 11.6 Å². The summed E-state index contributed by atoms with van der Waals surface area (Å²) in [5.74, 6) is 0.00502. The summed E-state index contributed by atoms with van der Waals surface area (Å²) >= 11 is 5.84. The average Bonchev–Trinajstić information content (AvgIpc) is 2.02. The molecular weight excluding hydrogens is 186 g/mol. The molecule has 1 amide bonds. The number of fused-ring (bicyclic) bond motifs is 1. The lowest BCUT2D eigenvalue weighted by Crippen LogP contribution is -2.39. The molecule has 1 heterocycles. The molecule has 1 aromatic rings. The molecular formula is C10H10ClNO. The van der Waals surface area contributed by atoms with Crippen LogP contribution in [0.5, 0.6) is 0 Å². The molecule has 0 aromatic heterocycles. The second-order valence-corrected chi connectivity index (χ2v) is 3.82. The van der Waals surface area contributed by atoms with Gasteiger partial charge in [-0.2, -0.15) is 0 Å². The lowest BCUT2D eigenvalue weighted by Gasteiger charge is -2.22. The van der Waals surface area contributed by atoms with Crippen molar-refractivity contribution < 1.29 is 4.79 Å². The summed E-state index contributed by atoms with van der Waals surface area (Å²) in [5.41, 5.74) is 1.80. The maximum atomic E-state index is 11.5. The molecule has 0 bridgehead atoms. The minimum Gasteiger partial charge on any atom is -0.349 e. The lowest BCUT2D eigenvalue weighted by atomic mass is 9.96. The molecule has 68 valence electrons. The molecule has 0 radical (unpaired) electrons. The van der Waals surface area contributed by atoms with Crippen LogP contribution in [-0.4, -0.2) is 11.9 Å². The van der Waals surface area contributed by atoms with Crippen LogP contribution in [0.25, 0.3) is 0 Å². The molecule has 13 heavy (non-hydrogen) atoms. The Kier molecular flexibility index (Phi) is 2.00. The van der Waals surface area contributed by atoms with Gasteiger partial charge in [-0.05, 0) is 37.1 Å². The molecule has 2 rings (SSSR count). The summed E-state index contributed by atoms with van der Waals surface area (Å²) in [4.78, 5) is 11.5. The minimum atomic E-state index is 0.00502. The van der Waals surface area contributed by atoms with Gasteiger partial charge < -0.3 is 5.32 Å². The van der Waals surface area contributed by atoms with Crippen LogP contribution < -0.4 is 5.32 Å². The maximum absolute atomic E-state index is 11.5. The zero-order valence-corrected chi connectivity index (χ0v) is 8.06. The van der Waals surface area contributed by atoms with Gasteiger partial charge in [0.1, 0.15) is 0 Å². The number of amides is 1. The third-order valence-electron chi connectivity index (χ3n) is 2.22. The van der Waals surface area contributed by atoms with Crippen molar-refractivity contribution in [1.82, 2.24) is 5.32 Å². The number of carbonyl (C=O) groups is 1. The molecule has 0 unspecified atom stereocenters. The van der Waals surface area contributed by atoms with Crippen LogP contribution in [-0.2, 0) is 6.42 Å². The van der Waals surface area contributed by atoms with Crippen LogP contribution in [0.1, 0.15) is 22.8 Å². The molecule has 1 aliphatic heterocycles. The van der Waals surface area contributed by atoms with Crippen LogP contribution in [0.3, 0.4) is 0 Å². The van der Waals surface area contributed by atoms with Crippen LogP contribution in [0, 0.1) is 0 Å². The smallest absolute Gasteiger partial charge is 0.251 e. The summed E-state index contributed by atoms with van der Waals surface area (Å²) in [6.07, 6.45) is 0.863. The van der Waals surface area contributed by atoms with Crippen molar-refractivity contribution in [3.63, 3.8) is 0 Å². The largest absolute Gasteiger partial charge is 0.349 e. The van der Waals surface area contributed by atoms with E-state index in [0.29, 0.717) is 5.02 Å². The van der Waals surface area contributed by atoms with Crippen LogP contribution >= 0.6 is 11.6 Å². The Morgan fingerprint density at radius 1 is 1.54 bits per heavy atom. The number of nitrogens with one attached hydrogen (secondary N) is 1. The summed E-state index contributed by atoms with van der Waals surface area (Å²) in [6.45, 7) is 1.99. The highest BCUT2D eigenvalue weighted by Crippen LogP contribution is 2.20. The SMILES string of the molecule is C[C@@H]1Cc2cc(Cl)ccc2C(=O)N1. The van der Waals surface area contributed by atoms with Crippen molar-refractivity contribution in [3.05, 3.63) is 34.3 Å². The van der Waals surface area contributed by atoms with E-state index in [1.54, 1.807) is 12.1 Å². The third-order valence-corrected chi connectivity index (χ3v) is 2.45. The molecule has 0 saturated heterocycles. The fraction of sp³-hybridized carbons (Fsp3) is 0.300. The Bertz CT molecular complexity index is 362. The number of benzene rings is 1. The van der Waals surface area contributed by atoms with E-state index < -0.39 is 0 Å². The van der Waals surface area contributed by atoms with Crippen LogP contribution in [0.15, 0.2) is 18.2 Å². The predicted octanol–water partition coefficient (Wildman–Crippen LogP) is 2.01. The van der Waals surface area contributed by atoms with Gasteiger partial charge in [0.05, 0.1) is 0 Å². The lowest BCUT2D eigenvalue weighted by molar-refractivity contribution is 0.0929. The van der Waals surface area contributed by atoms with E-state index in [-0.39, 0.29) is 11.9 Å². The first-order chi connectivity index (χ1) is 6.16. The molecule has 1 N–H and O–H groups in total. The van der Waals surface area contributed by atoms with Crippen molar-refractivity contribution in [2.24, 2.45) is 0 Å². The molecule has 1 aromatic carbocycles. The quantitative estimate of drug-likeness (QED) is 0.674. The summed E-state index contributed by atoms with van der Waals surface area (Å²) in [7, 11) is 0. The van der Waals surface area contributed by atoms with Crippen molar-refractivity contribution in [1.29, 1.82) is 0 Å².